The number of phosphoric acid groups is 3. The van der Waals surface area contributed by atoms with Crippen molar-refractivity contribution in [1.29, 1.82) is 0 Å². The van der Waals surface area contributed by atoms with Crippen LogP contribution in [0.5, 0.6) is 0 Å². The number of hydrogen-bond acceptors (Lipinski definition) is 13. The second-order valence-electron chi connectivity index (χ2n) is 6.42. The first-order valence-corrected chi connectivity index (χ1v) is 13.0. The number of aliphatic hydroxyl groups is 1. The number of hydrogen-bond donors (Lipinski definition) is 7. The number of aromatic amines is 1. The van der Waals surface area contributed by atoms with Crippen LogP contribution < -0.4 is 11.3 Å². The molecule has 22 heteroatoms. The minimum atomic E-state index is -5.71. The molecule has 0 aliphatic carbocycles. The molecule has 1 fully saturated rings. The third-order valence-electron chi connectivity index (χ3n) is 4.12. The SMILES string of the molecule is COC1[C@@H](COP(=O)(O)OP(=O)(O)OP(=O)(O)O)O[C@@H](n2cnc3c(=O)[nH]c(N)nc32)[C@H]1O. The van der Waals surface area contributed by atoms with E-state index in [0.29, 0.717) is 0 Å². The largest absolute Gasteiger partial charge is 0.490 e. The molecule has 0 bridgehead atoms. The number of nitrogen functional groups attached to an aromatic ring is 1. The van der Waals surface area contributed by atoms with Crippen molar-refractivity contribution in [3.63, 3.8) is 0 Å². The van der Waals surface area contributed by atoms with Crippen LogP contribution in [0.1, 0.15) is 6.23 Å². The van der Waals surface area contributed by atoms with Crippen molar-refractivity contribution in [3.05, 3.63) is 16.7 Å². The van der Waals surface area contributed by atoms with E-state index in [1.807, 2.05) is 0 Å². The van der Waals surface area contributed by atoms with Crippen molar-refractivity contribution in [2.45, 2.75) is 24.5 Å². The van der Waals surface area contributed by atoms with Gasteiger partial charge in [0.15, 0.2) is 17.4 Å². The Hall–Kier alpha value is -1.56. The molecule has 3 unspecified atom stereocenters. The molecule has 186 valence electrons. The van der Waals surface area contributed by atoms with Crippen LogP contribution in [0.25, 0.3) is 11.2 Å². The standard InChI is InChI=1S/C11H18N5O14P3/c1-26-7-4(2-27-32(22,23)30-33(24,25)29-31(19,20)21)28-10(6(7)17)16-3-13-5-8(16)14-11(12)15-9(5)18/h3-4,6-7,10,17H,2H2,1H3,(H,22,23)(H,24,25)(H2,19,20,21)(H3,12,14,15,18)/t4-,6+,7?,10-/m1/s1. The zero-order valence-corrected chi connectivity index (χ0v) is 18.9. The Morgan fingerprint density at radius 1 is 1.21 bits per heavy atom. The molecule has 33 heavy (non-hydrogen) atoms. The van der Waals surface area contributed by atoms with E-state index in [-0.39, 0.29) is 17.1 Å². The van der Waals surface area contributed by atoms with Gasteiger partial charge >= 0.3 is 23.5 Å². The molecule has 8 N–H and O–H groups in total. The van der Waals surface area contributed by atoms with Crippen LogP contribution >= 0.6 is 23.5 Å². The van der Waals surface area contributed by atoms with Crippen LogP contribution in [0.15, 0.2) is 11.1 Å². The van der Waals surface area contributed by atoms with Crippen LogP contribution in [0.2, 0.25) is 0 Å². The predicted octanol–water partition coefficient (Wildman–Crippen LogP) is -1.68. The molecule has 1 aliphatic heterocycles. The van der Waals surface area contributed by atoms with Gasteiger partial charge in [-0.2, -0.15) is 13.6 Å². The van der Waals surface area contributed by atoms with Gasteiger partial charge in [-0.15, -0.1) is 0 Å². The van der Waals surface area contributed by atoms with Crippen molar-refractivity contribution in [3.8, 4) is 0 Å². The van der Waals surface area contributed by atoms with E-state index in [1.165, 1.54) is 7.11 Å². The number of aliphatic hydroxyl groups excluding tert-OH is 1. The molecule has 6 atom stereocenters. The lowest BCUT2D eigenvalue weighted by Gasteiger charge is -2.20. The van der Waals surface area contributed by atoms with Gasteiger partial charge in [-0.25, -0.2) is 18.7 Å². The van der Waals surface area contributed by atoms with Gasteiger partial charge in [0.05, 0.1) is 12.9 Å². The van der Waals surface area contributed by atoms with Gasteiger partial charge in [0.2, 0.25) is 5.95 Å². The fourth-order valence-electron chi connectivity index (χ4n) is 2.97. The Bertz CT molecular complexity index is 1230. The van der Waals surface area contributed by atoms with Gasteiger partial charge in [0, 0.05) is 7.11 Å². The highest BCUT2D eigenvalue weighted by Crippen LogP contribution is 2.66. The summed E-state index contributed by atoms with van der Waals surface area (Å²) >= 11 is 0. The van der Waals surface area contributed by atoms with Crippen molar-refractivity contribution in [1.82, 2.24) is 19.5 Å². The Balaban J connectivity index is 1.76. The molecule has 2 aromatic heterocycles. The lowest BCUT2D eigenvalue weighted by Crippen LogP contribution is -2.35. The van der Waals surface area contributed by atoms with E-state index >= 15 is 0 Å². The van der Waals surface area contributed by atoms with Crippen molar-refractivity contribution in [2.75, 3.05) is 19.5 Å². The number of aromatic nitrogens is 4. The highest BCUT2D eigenvalue weighted by molar-refractivity contribution is 7.66. The van der Waals surface area contributed by atoms with Gasteiger partial charge in [-0.1, -0.05) is 0 Å². The van der Waals surface area contributed by atoms with E-state index in [1.54, 1.807) is 0 Å². The molecule has 1 saturated heterocycles. The first-order chi connectivity index (χ1) is 15.1. The van der Waals surface area contributed by atoms with Gasteiger partial charge in [0.25, 0.3) is 5.56 Å². The molecule has 0 radical (unpaired) electrons. The van der Waals surface area contributed by atoms with Crippen molar-refractivity contribution in [2.24, 2.45) is 0 Å². The lowest BCUT2D eigenvalue weighted by atomic mass is 10.1. The predicted molar refractivity (Wildman–Crippen MR) is 103 cm³/mol. The van der Waals surface area contributed by atoms with E-state index in [2.05, 4.69) is 28.1 Å². The molecule has 2 aromatic rings. The summed E-state index contributed by atoms with van der Waals surface area (Å²) in [5.41, 5.74) is 4.69. The van der Waals surface area contributed by atoms with Crippen LogP contribution in [0, 0.1) is 0 Å². The average Bonchev–Trinajstić information content (AvgIpc) is 3.17. The third-order valence-corrected chi connectivity index (χ3v) is 7.93. The number of phosphoric ester groups is 1. The number of methoxy groups -OCH3 is 1. The zero-order chi connectivity index (χ0) is 24.8. The number of nitrogens with zero attached hydrogens (tertiary/aromatic N) is 3. The fourth-order valence-corrected chi connectivity index (χ4v) is 6.00. The first-order valence-electron chi connectivity index (χ1n) is 8.49. The summed E-state index contributed by atoms with van der Waals surface area (Å²) in [6.45, 7) is -0.876. The molecule has 0 saturated carbocycles. The number of fused-ring (bicyclic) bond motifs is 1. The number of ether oxygens (including phenoxy) is 2. The van der Waals surface area contributed by atoms with Crippen molar-refractivity contribution < 1.29 is 61.0 Å². The van der Waals surface area contributed by atoms with E-state index in [4.69, 9.17) is 25.0 Å². The molecular formula is C11H18N5O14P3. The summed E-state index contributed by atoms with van der Waals surface area (Å²) in [6, 6.07) is 0. The Morgan fingerprint density at radius 3 is 2.48 bits per heavy atom. The number of H-pyrrole nitrogens is 1. The molecule has 19 nitrogen and oxygen atoms in total. The van der Waals surface area contributed by atoms with Gasteiger partial charge in [0.1, 0.15) is 18.3 Å². The number of nitrogens with one attached hydrogen (secondary N) is 1. The Labute approximate surface area is 182 Å². The van der Waals surface area contributed by atoms with Crippen molar-refractivity contribution >= 4 is 40.6 Å². The molecule has 0 amide bonds. The third kappa shape index (κ3) is 6.12. The Morgan fingerprint density at radius 2 is 1.88 bits per heavy atom. The van der Waals surface area contributed by atoms with E-state index < -0.39 is 60.2 Å². The zero-order valence-electron chi connectivity index (χ0n) is 16.3. The quantitative estimate of drug-likeness (QED) is 0.176. The summed E-state index contributed by atoms with van der Waals surface area (Å²) in [5, 5.41) is 10.6. The minimum Gasteiger partial charge on any atom is -0.386 e. The summed E-state index contributed by atoms with van der Waals surface area (Å²) in [7, 11) is -15.5. The summed E-state index contributed by atoms with van der Waals surface area (Å²) in [4.78, 5) is 57.8. The van der Waals surface area contributed by atoms with Gasteiger partial charge in [-0.3, -0.25) is 18.9 Å². The van der Waals surface area contributed by atoms with Crippen LogP contribution in [0.3, 0.4) is 0 Å². The molecule has 1 aliphatic rings. The normalized spacial score (nSPS) is 27.5. The first kappa shape index (κ1) is 26.1. The van der Waals surface area contributed by atoms with Gasteiger partial charge < -0.3 is 39.9 Å². The smallest absolute Gasteiger partial charge is 0.386 e. The maximum absolute atomic E-state index is 11.9. The van der Waals surface area contributed by atoms with E-state index in [0.717, 1.165) is 10.9 Å². The average molecular weight is 537 g/mol. The number of imidazole rings is 1. The van der Waals surface area contributed by atoms with Crippen LogP contribution in [0.4, 0.5) is 5.95 Å². The number of anilines is 1. The fraction of sp³-hybridized carbons (Fsp3) is 0.545. The maximum atomic E-state index is 11.9. The number of rotatable bonds is 9. The number of nitrogens with two attached hydrogens (primary N) is 1. The van der Waals surface area contributed by atoms with Gasteiger partial charge in [-0.05, 0) is 0 Å². The maximum Gasteiger partial charge on any atom is 0.490 e. The molecule has 0 spiro atoms. The monoisotopic (exact) mass is 537 g/mol. The van der Waals surface area contributed by atoms with Crippen LogP contribution in [-0.2, 0) is 36.3 Å². The Kier molecular flexibility index (Phi) is 7.29. The second-order valence-corrected chi connectivity index (χ2v) is 10.8. The highest BCUT2D eigenvalue weighted by atomic mass is 31.3. The topological polar surface area (TPSA) is 288 Å². The summed E-state index contributed by atoms with van der Waals surface area (Å²) < 4.78 is 57.6. The van der Waals surface area contributed by atoms with Crippen LogP contribution in [-0.4, -0.2) is 76.2 Å². The molecule has 3 heterocycles. The lowest BCUT2D eigenvalue weighted by molar-refractivity contribution is -0.0526. The second kappa shape index (κ2) is 9.24. The molecule has 0 aromatic carbocycles. The minimum absolute atomic E-state index is 0.0521. The molecule has 3 rings (SSSR count). The summed E-state index contributed by atoms with van der Waals surface area (Å²) in [5.74, 6) is -0.241. The highest BCUT2D eigenvalue weighted by Gasteiger charge is 2.48. The van der Waals surface area contributed by atoms with E-state index in [9.17, 15) is 33.4 Å². The molecular weight excluding hydrogens is 519 g/mol. The summed E-state index contributed by atoms with van der Waals surface area (Å²) in [6.07, 6.45) is -4.11.